The first kappa shape index (κ1) is 11.6. The van der Waals surface area contributed by atoms with E-state index in [1.165, 1.54) is 18.5 Å². The van der Waals surface area contributed by atoms with Crippen LogP contribution in [0.25, 0.3) is 0 Å². The maximum atomic E-state index is 9.49. The second kappa shape index (κ2) is 4.97. The lowest BCUT2D eigenvalue weighted by Gasteiger charge is -2.28. The standard InChI is InChI=1S/C12H21N3O/c1-2-15-11(5-8-14-15)9-13-12(10-16)6-3-4-7-12/h5,8,13,16H,2-4,6-7,9-10H2,1H3. The number of aryl methyl sites for hydroxylation is 1. The van der Waals surface area contributed by atoms with Gasteiger partial charge < -0.3 is 10.4 Å². The number of aromatic nitrogens is 2. The van der Waals surface area contributed by atoms with Gasteiger partial charge >= 0.3 is 0 Å². The number of hydrogen-bond donors (Lipinski definition) is 2. The molecule has 1 aliphatic rings. The maximum absolute atomic E-state index is 9.49. The Hall–Kier alpha value is -0.870. The Balaban J connectivity index is 1.95. The van der Waals surface area contributed by atoms with Gasteiger partial charge in [-0.25, -0.2) is 0 Å². The van der Waals surface area contributed by atoms with Crippen molar-refractivity contribution in [3.63, 3.8) is 0 Å². The molecule has 0 radical (unpaired) electrons. The summed E-state index contributed by atoms with van der Waals surface area (Å²) in [7, 11) is 0. The lowest BCUT2D eigenvalue weighted by molar-refractivity contribution is 0.162. The first-order valence-corrected chi connectivity index (χ1v) is 6.16. The van der Waals surface area contributed by atoms with E-state index in [0.717, 1.165) is 25.9 Å². The van der Waals surface area contributed by atoms with Crippen molar-refractivity contribution in [3.8, 4) is 0 Å². The largest absolute Gasteiger partial charge is 0.394 e. The molecule has 0 saturated heterocycles. The molecule has 4 heteroatoms. The minimum atomic E-state index is -0.0388. The summed E-state index contributed by atoms with van der Waals surface area (Å²) in [6.45, 7) is 4.03. The van der Waals surface area contributed by atoms with Gasteiger partial charge in [-0.05, 0) is 25.8 Å². The van der Waals surface area contributed by atoms with Crippen LogP contribution in [0.4, 0.5) is 0 Å². The first-order chi connectivity index (χ1) is 7.79. The summed E-state index contributed by atoms with van der Waals surface area (Å²) in [5.41, 5.74) is 1.16. The fraction of sp³-hybridized carbons (Fsp3) is 0.750. The molecule has 90 valence electrons. The van der Waals surface area contributed by atoms with E-state index in [-0.39, 0.29) is 12.1 Å². The maximum Gasteiger partial charge on any atom is 0.0613 e. The average Bonchev–Trinajstić information content (AvgIpc) is 2.96. The van der Waals surface area contributed by atoms with E-state index in [1.54, 1.807) is 0 Å². The van der Waals surface area contributed by atoms with Crippen molar-refractivity contribution < 1.29 is 5.11 Å². The molecule has 1 heterocycles. The van der Waals surface area contributed by atoms with Crippen molar-refractivity contribution in [2.75, 3.05) is 6.61 Å². The van der Waals surface area contributed by atoms with Crippen LogP contribution in [0, 0.1) is 0 Å². The number of nitrogens with one attached hydrogen (secondary N) is 1. The minimum absolute atomic E-state index is 0.0388. The fourth-order valence-corrected chi connectivity index (χ4v) is 2.52. The van der Waals surface area contributed by atoms with Gasteiger partial charge in [0.05, 0.1) is 12.3 Å². The van der Waals surface area contributed by atoms with Crippen molar-refractivity contribution in [2.24, 2.45) is 0 Å². The van der Waals surface area contributed by atoms with Crippen LogP contribution in [0.5, 0.6) is 0 Å². The molecule has 0 atom stereocenters. The normalized spacial score (nSPS) is 19.1. The number of hydrogen-bond acceptors (Lipinski definition) is 3. The fourth-order valence-electron chi connectivity index (χ4n) is 2.52. The van der Waals surface area contributed by atoms with Crippen LogP contribution in [0.3, 0.4) is 0 Å². The van der Waals surface area contributed by atoms with Gasteiger partial charge in [0.1, 0.15) is 0 Å². The smallest absolute Gasteiger partial charge is 0.0613 e. The van der Waals surface area contributed by atoms with E-state index in [2.05, 4.69) is 17.3 Å². The van der Waals surface area contributed by atoms with E-state index in [9.17, 15) is 5.11 Å². The Morgan fingerprint density at radius 1 is 1.50 bits per heavy atom. The first-order valence-electron chi connectivity index (χ1n) is 6.16. The molecule has 0 bridgehead atoms. The minimum Gasteiger partial charge on any atom is -0.394 e. The van der Waals surface area contributed by atoms with Crippen molar-refractivity contribution in [1.82, 2.24) is 15.1 Å². The molecule has 1 saturated carbocycles. The molecule has 4 nitrogen and oxygen atoms in total. The summed E-state index contributed by atoms with van der Waals surface area (Å²) in [4.78, 5) is 0. The number of aliphatic hydroxyl groups excluding tert-OH is 1. The lowest BCUT2D eigenvalue weighted by Crippen LogP contribution is -2.45. The SMILES string of the molecule is CCn1nccc1CNC1(CO)CCCC1. The molecule has 0 amide bonds. The molecule has 2 rings (SSSR count). The van der Waals surface area contributed by atoms with Gasteiger partial charge in [-0.2, -0.15) is 5.10 Å². The molecule has 0 unspecified atom stereocenters. The zero-order valence-corrected chi connectivity index (χ0v) is 9.95. The topological polar surface area (TPSA) is 50.1 Å². The lowest BCUT2D eigenvalue weighted by atomic mass is 9.99. The second-order valence-corrected chi connectivity index (χ2v) is 4.64. The van der Waals surface area contributed by atoms with Gasteiger partial charge in [0.2, 0.25) is 0 Å². The Morgan fingerprint density at radius 2 is 2.25 bits per heavy atom. The monoisotopic (exact) mass is 223 g/mol. The predicted octanol–water partition coefficient (Wildman–Crippen LogP) is 1.30. The zero-order valence-electron chi connectivity index (χ0n) is 9.95. The molecule has 1 aromatic rings. The summed E-state index contributed by atoms with van der Waals surface area (Å²) in [6, 6.07) is 2.04. The van der Waals surface area contributed by atoms with E-state index in [0.29, 0.717) is 0 Å². The summed E-state index contributed by atoms with van der Waals surface area (Å²) in [5, 5.41) is 17.2. The van der Waals surface area contributed by atoms with E-state index in [1.807, 2.05) is 16.9 Å². The van der Waals surface area contributed by atoms with Crippen LogP contribution >= 0.6 is 0 Å². The van der Waals surface area contributed by atoms with Crippen molar-refractivity contribution in [1.29, 1.82) is 0 Å². The summed E-state index contributed by atoms with van der Waals surface area (Å²) >= 11 is 0. The van der Waals surface area contributed by atoms with Gasteiger partial charge in [0, 0.05) is 24.8 Å². The third-order valence-electron chi connectivity index (χ3n) is 3.61. The molecule has 0 aliphatic heterocycles. The molecular weight excluding hydrogens is 202 g/mol. The van der Waals surface area contributed by atoms with Crippen LogP contribution in [0.1, 0.15) is 38.3 Å². The molecule has 1 aliphatic carbocycles. The van der Waals surface area contributed by atoms with Gasteiger partial charge in [-0.1, -0.05) is 12.8 Å². The molecule has 1 aromatic heterocycles. The summed E-state index contributed by atoms with van der Waals surface area (Å²) in [5.74, 6) is 0. The van der Waals surface area contributed by atoms with Crippen LogP contribution in [0.15, 0.2) is 12.3 Å². The Kier molecular flexibility index (Phi) is 3.61. The highest BCUT2D eigenvalue weighted by Gasteiger charge is 2.32. The highest BCUT2D eigenvalue weighted by Crippen LogP contribution is 2.29. The molecule has 2 N–H and O–H groups in total. The Labute approximate surface area is 96.7 Å². The summed E-state index contributed by atoms with van der Waals surface area (Å²) < 4.78 is 1.99. The molecule has 0 aromatic carbocycles. The van der Waals surface area contributed by atoms with Gasteiger partial charge in [-0.15, -0.1) is 0 Å². The molecule has 0 spiro atoms. The Morgan fingerprint density at radius 3 is 2.88 bits per heavy atom. The zero-order chi connectivity index (χ0) is 11.4. The van der Waals surface area contributed by atoms with Crippen molar-refractivity contribution in [3.05, 3.63) is 18.0 Å². The van der Waals surface area contributed by atoms with E-state index >= 15 is 0 Å². The third-order valence-corrected chi connectivity index (χ3v) is 3.61. The van der Waals surface area contributed by atoms with Gasteiger partial charge in [0.25, 0.3) is 0 Å². The number of rotatable bonds is 5. The average molecular weight is 223 g/mol. The molecular formula is C12H21N3O. The van der Waals surface area contributed by atoms with E-state index in [4.69, 9.17) is 0 Å². The highest BCUT2D eigenvalue weighted by atomic mass is 16.3. The molecule has 16 heavy (non-hydrogen) atoms. The van der Waals surface area contributed by atoms with Crippen LogP contribution in [0.2, 0.25) is 0 Å². The van der Waals surface area contributed by atoms with Crippen LogP contribution in [-0.2, 0) is 13.1 Å². The predicted molar refractivity (Wildman–Crippen MR) is 63.0 cm³/mol. The van der Waals surface area contributed by atoms with E-state index < -0.39 is 0 Å². The quantitative estimate of drug-likeness (QED) is 0.791. The van der Waals surface area contributed by atoms with Crippen LogP contribution in [-0.4, -0.2) is 27.0 Å². The number of aliphatic hydroxyl groups is 1. The van der Waals surface area contributed by atoms with Crippen LogP contribution < -0.4 is 5.32 Å². The second-order valence-electron chi connectivity index (χ2n) is 4.64. The highest BCUT2D eigenvalue weighted by molar-refractivity contribution is 5.02. The Bertz CT molecular complexity index is 329. The number of nitrogens with zero attached hydrogens (tertiary/aromatic N) is 2. The van der Waals surface area contributed by atoms with Gasteiger partial charge in [0.15, 0.2) is 0 Å². The van der Waals surface area contributed by atoms with Gasteiger partial charge in [-0.3, -0.25) is 4.68 Å². The summed E-state index contributed by atoms with van der Waals surface area (Å²) in [6.07, 6.45) is 6.45. The van der Waals surface area contributed by atoms with Crippen molar-refractivity contribution >= 4 is 0 Å². The molecule has 1 fully saturated rings. The van der Waals surface area contributed by atoms with Crippen molar-refractivity contribution in [2.45, 2.75) is 51.2 Å². The third kappa shape index (κ3) is 2.28.